The molecule has 0 unspecified atom stereocenters. The van der Waals surface area contributed by atoms with Crippen molar-refractivity contribution < 1.29 is 4.74 Å². The first kappa shape index (κ1) is 14.7. The second-order valence-corrected chi connectivity index (χ2v) is 6.26. The number of hydrogen-bond acceptors (Lipinski definition) is 5. The van der Waals surface area contributed by atoms with Gasteiger partial charge >= 0.3 is 0 Å². The van der Waals surface area contributed by atoms with Crippen LogP contribution in [0.2, 0.25) is 0 Å². The Morgan fingerprint density at radius 3 is 2.86 bits per heavy atom. The average Bonchev–Trinajstić information content (AvgIpc) is 3.10. The van der Waals surface area contributed by atoms with Gasteiger partial charge in [-0.15, -0.1) is 11.3 Å². The lowest BCUT2D eigenvalue weighted by molar-refractivity contribution is 0.290. The summed E-state index contributed by atoms with van der Waals surface area (Å²) in [6, 6.07) is 13.6. The number of rotatable bonds is 5. The van der Waals surface area contributed by atoms with Crippen molar-refractivity contribution in [3.63, 3.8) is 0 Å². The molecule has 0 saturated heterocycles. The molecule has 1 aromatic carbocycles. The van der Waals surface area contributed by atoms with Crippen LogP contribution in [-0.2, 0) is 6.61 Å². The van der Waals surface area contributed by atoms with Crippen molar-refractivity contribution in [2.45, 2.75) is 13.5 Å². The molecule has 112 valence electrons. The predicted molar refractivity (Wildman–Crippen MR) is 90.2 cm³/mol. The largest absolute Gasteiger partial charge is 0.486 e. The molecule has 0 amide bonds. The van der Waals surface area contributed by atoms with Gasteiger partial charge in [0.2, 0.25) is 4.77 Å². The smallest absolute Gasteiger partial charge is 0.216 e. The summed E-state index contributed by atoms with van der Waals surface area (Å²) in [6.45, 7) is 2.35. The highest BCUT2D eigenvalue weighted by Crippen LogP contribution is 2.13. The summed E-state index contributed by atoms with van der Waals surface area (Å²) < 4.78 is 7.70. The normalized spacial score (nSPS) is 11.1. The number of thiophene rings is 1. The topological polar surface area (TPSA) is 55.2 Å². The molecule has 0 fully saturated rings. The summed E-state index contributed by atoms with van der Waals surface area (Å²) in [7, 11) is 0. The van der Waals surface area contributed by atoms with Crippen LogP contribution >= 0.6 is 23.6 Å². The minimum Gasteiger partial charge on any atom is -0.486 e. The number of aromatic amines is 1. The maximum atomic E-state index is 5.68. The lowest BCUT2D eigenvalue weighted by atomic mass is 10.3. The van der Waals surface area contributed by atoms with E-state index in [1.807, 2.05) is 36.4 Å². The fourth-order valence-corrected chi connectivity index (χ4v) is 2.78. The summed E-state index contributed by atoms with van der Waals surface area (Å²) in [5, 5.41) is 11.3. The van der Waals surface area contributed by atoms with Crippen molar-refractivity contribution in [1.82, 2.24) is 14.9 Å². The second kappa shape index (κ2) is 6.67. The van der Waals surface area contributed by atoms with Gasteiger partial charge in [0, 0.05) is 9.75 Å². The zero-order chi connectivity index (χ0) is 15.4. The quantitative estimate of drug-likeness (QED) is 0.572. The molecule has 0 aliphatic carbocycles. The Kier molecular flexibility index (Phi) is 4.45. The van der Waals surface area contributed by atoms with Gasteiger partial charge in [-0.2, -0.15) is 14.9 Å². The Morgan fingerprint density at radius 1 is 1.32 bits per heavy atom. The summed E-state index contributed by atoms with van der Waals surface area (Å²) in [5.41, 5.74) is 0. The van der Waals surface area contributed by atoms with Gasteiger partial charge in [0.1, 0.15) is 12.4 Å². The van der Waals surface area contributed by atoms with Crippen molar-refractivity contribution >= 4 is 29.8 Å². The molecule has 0 bridgehead atoms. The van der Waals surface area contributed by atoms with Crippen molar-refractivity contribution in [3.8, 4) is 5.75 Å². The zero-order valence-electron chi connectivity index (χ0n) is 11.9. The van der Waals surface area contributed by atoms with Crippen LogP contribution in [-0.4, -0.2) is 21.1 Å². The molecule has 22 heavy (non-hydrogen) atoms. The van der Waals surface area contributed by atoms with Gasteiger partial charge in [0.05, 0.1) is 6.21 Å². The summed E-state index contributed by atoms with van der Waals surface area (Å²) in [5.74, 6) is 1.40. The summed E-state index contributed by atoms with van der Waals surface area (Å²) in [6.07, 6.45) is 1.77. The molecule has 5 nitrogen and oxygen atoms in total. The molecule has 0 atom stereocenters. The van der Waals surface area contributed by atoms with E-state index in [1.165, 1.54) is 4.88 Å². The molecule has 7 heteroatoms. The summed E-state index contributed by atoms with van der Waals surface area (Å²) >= 11 is 6.88. The minimum atomic E-state index is 0.290. The third-order valence-corrected chi connectivity index (χ3v) is 4.09. The van der Waals surface area contributed by atoms with Gasteiger partial charge in [0.25, 0.3) is 0 Å². The van der Waals surface area contributed by atoms with Crippen LogP contribution < -0.4 is 4.74 Å². The van der Waals surface area contributed by atoms with E-state index in [9.17, 15) is 0 Å². The highest BCUT2D eigenvalue weighted by atomic mass is 32.1. The molecule has 0 saturated carbocycles. The molecule has 3 aromatic rings. The monoisotopic (exact) mass is 330 g/mol. The average molecular weight is 330 g/mol. The highest BCUT2D eigenvalue weighted by molar-refractivity contribution is 7.71. The van der Waals surface area contributed by atoms with Gasteiger partial charge in [-0.3, -0.25) is 0 Å². The summed E-state index contributed by atoms with van der Waals surface area (Å²) in [4.78, 5) is 2.31. The molecule has 0 aliphatic heterocycles. The Labute approximate surface area is 136 Å². The second-order valence-electron chi connectivity index (χ2n) is 4.55. The van der Waals surface area contributed by atoms with Crippen molar-refractivity contribution in [2.75, 3.05) is 0 Å². The lowest BCUT2D eigenvalue weighted by Crippen LogP contribution is -2.04. The van der Waals surface area contributed by atoms with Crippen LogP contribution in [0.15, 0.2) is 47.6 Å². The van der Waals surface area contributed by atoms with Gasteiger partial charge in [0.15, 0.2) is 5.82 Å². The van der Waals surface area contributed by atoms with E-state index >= 15 is 0 Å². The first-order chi connectivity index (χ1) is 10.7. The number of para-hydroxylation sites is 1. The van der Waals surface area contributed by atoms with Gasteiger partial charge < -0.3 is 4.74 Å². The zero-order valence-corrected chi connectivity index (χ0v) is 13.5. The van der Waals surface area contributed by atoms with Crippen LogP contribution in [0.25, 0.3) is 0 Å². The number of H-pyrrole nitrogens is 1. The molecule has 0 spiro atoms. The van der Waals surface area contributed by atoms with Crippen LogP contribution in [0.4, 0.5) is 0 Å². The van der Waals surface area contributed by atoms with E-state index in [4.69, 9.17) is 17.0 Å². The molecule has 0 aliphatic rings. The molecular formula is C15H14N4OS2. The standard InChI is InChI=1S/C15H14N4OS2/c1-11-7-8-13(22-11)9-16-19-14(17-18-15(19)21)10-20-12-5-3-2-4-6-12/h2-9H,10H2,1H3,(H,18,21). The van der Waals surface area contributed by atoms with Crippen LogP contribution in [0, 0.1) is 11.7 Å². The van der Waals surface area contributed by atoms with Gasteiger partial charge in [-0.05, 0) is 43.4 Å². The maximum Gasteiger partial charge on any atom is 0.216 e. The first-order valence-electron chi connectivity index (χ1n) is 6.67. The van der Waals surface area contributed by atoms with Gasteiger partial charge in [-0.1, -0.05) is 18.2 Å². The fourth-order valence-electron chi connectivity index (χ4n) is 1.84. The van der Waals surface area contributed by atoms with E-state index in [0.29, 0.717) is 10.6 Å². The Bertz CT molecular complexity index is 833. The van der Waals surface area contributed by atoms with E-state index < -0.39 is 0 Å². The number of ether oxygens (including phenoxy) is 1. The molecule has 3 rings (SSSR count). The third-order valence-electron chi connectivity index (χ3n) is 2.89. The molecule has 0 radical (unpaired) electrons. The Hall–Kier alpha value is -2.25. The van der Waals surface area contributed by atoms with Gasteiger partial charge in [-0.25, -0.2) is 5.10 Å². The minimum absolute atomic E-state index is 0.290. The molecular weight excluding hydrogens is 316 g/mol. The Balaban J connectivity index is 1.76. The molecule has 2 aromatic heterocycles. The molecule has 1 N–H and O–H groups in total. The van der Waals surface area contributed by atoms with E-state index in [1.54, 1.807) is 22.2 Å². The predicted octanol–water partition coefficient (Wildman–Crippen LogP) is 3.77. The highest BCUT2D eigenvalue weighted by Gasteiger charge is 2.06. The van der Waals surface area contributed by atoms with Crippen molar-refractivity contribution in [3.05, 3.63) is 62.8 Å². The van der Waals surface area contributed by atoms with E-state index in [0.717, 1.165) is 10.6 Å². The maximum absolute atomic E-state index is 5.68. The van der Waals surface area contributed by atoms with Crippen LogP contribution in [0.1, 0.15) is 15.6 Å². The third kappa shape index (κ3) is 3.49. The first-order valence-corrected chi connectivity index (χ1v) is 7.90. The fraction of sp³-hybridized carbons (Fsp3) is 0.133. The van der Waals surface area contributed by atoms with E-state index in [2.05, 4.69) is 28.3 Å². The van der Waals surface area contributed by atoms with E-state index in [-0.39, 0.29) is 6.61 Å². The Morgan fingerprint density at radius 2 is 2.14 bits per heavy atom. The van der Waals surface area contributed by atoms with Crippen molar-refractivity contribution in [1.29, 1.82) is 0 Å². The van der Waals surface area contributed by atoms with Crippen molar-refractivity contribution in [2.24, 2.45) is 5.10 Å². The number of aryl methyl sites for hydroxylation is 1. The SMILES string of the molecule is Cc1ccc(C=Nn2c(COc3ccccc3)n[nH]c2=S)s1. The number of benzene rings is 1. The number of nitrogens with one attached hydrogen (secondary N) is 1. The lowest BCUT2D eigenvalue weighted by Gasteiger charge is -2.04. The number of hydrogen-bond donors (Lipinski definition) is 1. The van der Waals surface area contributed by atoms with Crippen LogP contribution in [0.3, 0.4) is 0 Å². The van der Waals surface area contributed by atoms with Crippen LogP contribution in [0.5, 0.6) is 5.75 Å². The number of nitrogens with zero attached hydrogens (tertiary/aromatic N) is 3. The molecule has 2 heterocycles. The number of aromatic nitrogens is 3.